The molecule has 0 saturated carbocycles. The van der Waals surface area contributed by atoms with Gasteiger partial charge in [-0.2, -0.15) is 0 Å². The van der Waals surface area contributed by atoms with E-state index in [0.29, 0.717) is 22.8 Å². The standard InChI is InChI=1S/C20H21ClN4O2/c21-16-3-1-14(2-4-16)15-11-17-18(13-24-19(17)23-12-15)20(26)22-5-6-25-7-9-27-10-8-25/h1-4,11-13H,5-10H2,(H,22,26)(H,23,24). The number of nitrogens with one attached hydrogen (secondary N) is 2. The summed E-state index contributed by atoms with van der Waals surface area (Å²) in [6.45, 7) is 4.78. The SMILES string of the molecule is O=C(NCCN1CCOCC1)c1c[nH]c2ncc(-c3ccc(Cl)cc3)cc12. The number of rotatable bonds is 5. The first-order valence-electron chi connectivity index (χ1n) is 9.02. The highest BCUT2D eigenvalue weighted by molar-refractivity contribution is 6.30. The smallest absolute Gasteiger partial charge is 0.253 e. The number of pyridine rings is 1. The van der Waals surface area contributed by atoms with Gasteiger partial charge in [0.05, 0.1) is 18.8 Å². The third-order valence-electron chi connectivity index (χ3n) is 4.77. The van der Waals surface area contributed by atoms with Gasteiger partial charge in [0.25, 0.3) is 5.91 Å². The van der Waals surface area contributed by atoms with E-state index in [9.17, 15) is 4.79 Å². The average Bonchev–Trinajstić information content (AvgIpc) is 3.12. The van der Waals surface area contributed by atoms with Gasteiger partial charge in [0.15, 0.2) is 0 Å². The minimum absolute atomic E-state index is 0.0930. The molecule has 1 aliphatic rings. The van der Waals surface area contributed by atoms with Gasteiger partial charge in [-0.15, -0.1) is 0 Å². The molecule has 1 saturated heterocycles. The predicted octanol–water partition coefficient (Wildman–Crippen LogP) is 2.95. The molecule has 0 spiro atoms. The lowest BCUT2D eigenvalue weighted by atomic mass is 10.1. The van der Waals surface area contributed by atoms with Gasteiger partial charge in [0.1, 0.15) is 5.65 Å². The Morgan fingerprint density at radius 1 is 1.22 bits per heavy atom. The Morgan fingerprint density at radius 3 is 2.78 bits per heavy atom. The molecule has 1 amide bonds. The van der Waals surface area contributed by atoms with Crippen molar-refractivity contribution in [2.45, 2.75) is 0 Å². The normalized spacial score (nSPS) is 15.1. The van der Waals surface area contributed by atoms with E-state index in [1.54, 1.807) is 12.4 Å². The first kappa shape index (κ1) is 18.0. The van der Waals surface area contributed by atoms with Crippen molar-refractivity contribution in [3.8, 4) is 11.1 Å². The van der Waals surface area contributed by atoms with Crippen LogP contribution in [0.1, 0.15) is 10.4 Å². The van der Waals surface area contributed by atoms with E-state index < -0.39 is 0 Å². The number of carbonyl (C=O) groups is 1. The van der Waals surface area contributed by atoms with Gasteiger partial charge in [0.2, 0.25) is 0 Å². The molecule has 3 heterocycles. The van der Waals surface area contributed by atoms with E-state index in [4.69, 9.17) is 16.3 Å². The summed E-state index contributed by atoms with van der Waals surface area (Å²) in [6, 6.07) is 9.56. The average molecular weight is 385 g/mol. The van der Waals surface area contributed by atoms with Crippen LogP contribution in [0.25, 0.3) is 22.2 Å². The van der Waals surface area contributed by atoms with Crippen molar-refractivity contribution in [1.82, 2.24) is 20.2 Å². The molecule has 2 aromatic heterocycles. The van der Waals surface area contributed by atoms with Crippen LogP contribution in [0.3, 0.4) is 0 Å². The number of carbonyl (C=O) groups excluding carboxylic acids is 1. The Morgan fingerprint density at radius 2 is 2.00 bits per heavy atom. The van der Waals surface area contributed by atoms with Gasteiger partial charge in [0, 0.05) is 54.5 Å². The van der Waals surface area contributed by atoms with Gasteiger partial charge in [-0.25, -0.2) is 4.98 Å². The molecule has 6 nitrogen and oxygen atoms in total. The zero-order valence-corrected chi connectivity index (χ0v) is 15.6. The van der Waals surface area contributed by atoms with Crippen LogP contribution in [-0.4, -0.2) is 60.2 Å². The molecule has 7 heteroatoms. The van der Waals surface area contributed by atoms with E-state index in [1.807, 2.05) is 30.3 Å². The van der Waals surface area contributed by atoms with E-state index in [0.717, 1.165) is 49.4 Å². The third kappa shape index (κ3) is 4.13. The molecule has 1 fully saturated rings. The van der Waals surface area contributed by atoms with Gasteiger partial charge < -0.3 is 15.0 Å². The highest BCUT2D eigenvalue weighted by Crippen LogP contribution is 2.25. The summed E-state index contributed by atoms with van der Waals surface area (Å²) in [5, 5.41) is 4.51. The minimum atomic E-state index is -0.0930. The fourth-order valence-corrected chi connectivity index (χ4v) is 3.36. The number of ether oxygens (including phenoxy) is 1. The second-order valence-corrected chi connectivity index (χ2v) is 6.98. The maximum absolute atomic E-state index is 12.6. The number of aromatic amines is 1. The van der Waals surface area contributed by atoms with Crippen molar-refractivity contribution >= 4 is 28.5 Å². The van der Waals surface area contributed by atoms with Crippen LogP contribution in [0.15, 0.2) is 42.7 Å². The molecule has 1 aromatic carbocycles. The summed E-state index contributed by atoms with van der Waals surface area (Å²) in [5.41, 5.74) is 3.26. The van der Waals surface area contributed by atoms with Gasteiger partial charge >= 0.3 is 0 Å². The molecule has 2 N–H and O–H groups in total. The molecule has 1 aliphatic heterocycles. The summed E-state index contributed by atoms with van der Waals surface area (Å²) in [6.07, 6.45) is 3.51. The zero-order chi connectivity index (χ0) is 18.6. The maximum Gasteiger partial charge on any atom is 0.253 e. The van der Waals surface area contributed by atoms with Crippen molar-refractivity contribution in [2.24, 2.45) is 0 Å². The number of fused-ring (bicyclic) bond motifs is 1. The van der Waals surface area contributed by atoms with Crippen LogP contribution in [0.5, 0.6) is 0 Å². The second-order valence-electron chi connectivity index (χ2n) is 6.54. The van der Waals surface area contributed by atoms with Crippen molar-refractivity contribution in [2.75, 3.05) is 39.4 Å². The summed E-state index contributed by atoms with van der Waals surface area (Å²) >= 11 is 5.96. The van der Waals surface area contributed by atoms with E-state index in [1.165, 1.54) is 0 Å². The van der Waals surface area contributed by atoms with Crippen LogP contribution in [0.4, 0.5) is 0 Å². The Kier molecular flexibility index (Phi) is 5.38. The van der Waals surface area contributed by atoms with Crippen molar-refractivity contribution < 1.29 is 9.53 Å². The highest BCUT2D eigenvalue weighted by Gasteiger charge is 2.15. The van der Waals surface area contributed by atoms with Gasteiger partial charge in [-0.05, 0) is 23.8 Å². The highest BCUT2D eigenvalue weighted by atomic mass is 35.5. The lowest BCUT2D eigenvalue weighted by Crippen LogP contribution is -2.41. The van der Waals surface area contributed by atoms with E-state index >= 15 is 0 Å². The third-order valence-corrected chi connectivity index (χ3v) is 5.02. The number of amides is 1. The van der Waals surface area contributed by atoms with Gasteiger partial charge in [-0.3, -0.25) is 9.69 Å². The number of benzene rings is 1. The van der Waals surface area contributed by atoms with E-state index in [-0.39, 0.29) is 5.91 Å². The van der Waals surface area contributed by atoms with Gasteiger partial charge in [-0.1, -0.05) is 23.7 Å². The molecule has 0 bridgehead atoms. The van der Waals surface area contributed by atoms with Crippen LogP contribution >= 0.6 is 11.6 Å². The van der Waals surface area contributed by atoms with Crippen LogP contribution < -0.4 is 5.32 Å². The topological polar surface area (TPSA) is 70.2 Å². The summed E-state index contributed by atoms with van der Waals surface area (Å²) in [7, 11) is 0. The summed E-state index contributed by atoms with van der Waals surface area (Å²) in [5.74, 6) is -0.0930. The number of aromatic nitrogens is 2. The Balaban J connectivity index is 1.48. The fourth-order valence-electron chi connectivity index (χ4n) is 3.24. The molecule has 0 radical (unpaired) electrons. The summed E-state index contributed by atoms with van der Waals surface area (Å²) < 4.78 is 5.34. The zero-order valence-electron chi connectivity index (χ0n) is 14.9. The molecule has 27 heavy (non-hydrogen) atoms. The Labute approximate surface area is 162 Å². The molecular formula is C20H21ClN4O2. The lowest BCUT2D eigenvalue weighted by molar-refractivity contribution is 0.0383. The second kappa shape index (κ2) is 8.08. The van der Waals surface area contributed by atoms with Crippen LogP contribution in [0.2, 0.25) is 5.02 Å². The number of hydrogen-bond acceptors (Lipinski definition) is 4. The number of morpholine rings is 1. The number of nitrogens with zero attached hydrogens (tertiary/aromatic N) is 2. The summed E-state index contributed by atoms with van der Waals surface area (Å²) in [4.78, 5) is 22.4. The van der Waals surface area contributed by atoms with Crippen LogP contribution in [0, 0.1) is 0 Å². The van der Waals surface area contributed by atoms with Crippen LogP contribution in [-0.2, 0) is 4.74 Å². The quantitative estimate of drug-likeness (QED) is 0.709. The fraction of sp³-hybridized carbons (Fsp3) is 0.300. The molecule has 140 valence electrons. The minimum Gasteiger partial charge on any atom is -0.379 e. The molecule has 4 rings (SSSR count). The number of H-pyrrole nitrogens is 1. The first-order chi connectivity index (χ1) is 13.2. The molecule has 0 atom stereocenters. The van der Waals surface area contributed by atoms with Crippen molar-refractivity contribution in [1.29, 1.82) is 0 Å². The van der Waals surface area contributed by atoms with Crippen molar-refractivity contribution in [3.05, 3.63) is 53.3 Å². The Hall–Kier alpha value is -2.41. The number of hydrogen-bond donors (Lipinski definition) is 2. The first-order valence-corrected chi connectivity index (χ1v) is 9.40. The Bertz CT molecular complexity index is 933. The molecule has 0 aliphatic carbocycles. The maximum atomic E-state index is 12.6. The molecule has 0 unspecified atom stereocenters. The van der Waals surface area contributed by atoms with E-state index in [2.05, 4.69) is 20.2 Å². The van der Waals surface area contributed by atoms with Crippen molar-refractivity contribution in [3.63, 3.8) is 0 Å². The largest absolute Gasteiger partial charge is 0.379 e. The molecule has 3 aromatic rings. The monoisotopic (exact) mass is 384 g/mol. The number of halogens is 1. The lowest BCUT2D eigenvalue weighted by Gasteiger charge is -2.26. The molecular weight excluding hydrogens is 364 g/mol. The predicted molar refractivity (Wildman–Crippen MR) is 106 cm³/mol.